The summed E-state index contributed by atoms with van der Waals surface area (Å²) in [7, 11) is 0. The van der Waals surface area contributed by atoms with Crippen LogP contribution >= 0.6 is 0 Å². The molecule has 2 aliphatic carbocycles. The molecular formula is C12H12O. The molecule has 0 heterocycles. The van der Waals surface area contributed by atoms with Gasteiger partial charge in [-0.25, -0.2) is 0 Å². The molecule has 0 spiro atoms. The summed E-state index contributed by atoms with van der Waals surface area (Å²) in [5.41, 5.74) is 3.83. The minimum absolute atomic E-state index is 0.365. The van der Waals surface area contributed by atoms with Crippen LogP contribution in [0.4, 0.5) is 0 Å². The third kappa shape index (κ3) is 0.902. The lowest BCUT2D eigenvalue weighted by Gasteiger charge is -2.20. The summed E-state index contributed by atoms with van der Waals surface area (Å²) >= 11 is 0. The Morgan fingerprint density at radius 1 is 1.31 bits per heavy atom. The van der Waals surface area contributed by atoms with Gasteiger partial charge in [0.1, 0.15) is 0 Å². The monoisotopic (exact) mass is 172 g/mol. The van der Waals surface area contributed by atoms with E-state index in [1.807, 2.05) is 12.1 Å². The predicted molar refractivity (Wildman–Crippen MR) is 51.1 cm³/mol. The van der Waals surface area contributed by atoms with Crippen LogP contribution in [0.15, 0.2) is 18.2 Å². The lowest BCUT2D eigenvalue weighted by Crippen LogP contribution is -2.05. The number of carbonyl (C=O) groups excluding carboxylic acids is 1. The summed E-state index contributed by atoms with van der Waals surface area (Å²) in [4.78, 5) is 11.6. The number of ketones is 1. The van der Waals surface area contributed by atoms with Gasteiger partial charge in [-0.15, -0.1) is 0 Å². The molecule has 0 saturated heterocycles. The Morgan fingerprint density at radius 3 is 3.15 bits per heavy atom. The Bertz CT molecular complexity index is 379. The van der Waals surface area contributed by atoms with Gasteiger partial charge in [0.25, 0.3) is 0 Å². The molecule has 3 rings (SSSR count). The Hall–Kier alpha value is -1.11. The van der Waals surface area contributed by atoms with Gasteiger partial charge in [0.2, 0.25) is 0 Å². The van der Waals surface area contributed by atoms with Crippen molar-refractivity contribution in [3.63, 3.8) is 0 Å². The highest BCUT2D eigenvalue weighted by atomic mass is 16.1. The maximum absolute atomic E-state index is 11.6. The zero-order valence-corrected chi connectivity index (χ0v) is 7.55. The van der Waals surface area contributed by atoms with Crippen LogP contribution in [0.1, 0.15) is 46.7 Å². The first-order chi connectivity index (χ1) is 6.36. The van der Waals surface area contributed by atoms with Gasteiger partial charge in [-0.2, -0.15) is 0 Å². The van der Waals surface area contributed by atoms with Gasteiger partial charge in [0.05, 0.1) is 0 Å². The fourth-order valence-electron chi connectivity index (χ4n) is 2.78. The normalized spacial score (nSPS) is 24.6. The molecule has 0 N–H and O–H groups in total. The van der Waals surface area contributed by atoms with Crippen LogP contribution in [0.3, 0.4) is 0 Å². The molecule has 66 valence electrons. The van der Waals surface area contributed by atoms with Crippen molar-refractivity contribution >= 4 is 5.78 Å². The summed E-state index contributed by atoms with van der Waals surface area (Å²) in [5, 5.41) is 0. The van der Waals surface area contributed by atoms with Gasteiger partial charge in [0, 0.05) is 12.0 Å². The molecule has 0 unspecified atom stereocenters. The number of benzene rings is 1. The van der Waals surface area contributed by atoms with Gasteiger partial charge < -0.3 is 0 Å². The molecule has 13 heavy (non-hydrogen) atoms. The van der Waals surface area contributed by atoms with E-state index < -0.39 is 0 Å². The summed E-state index contributed by atoms with van der Waals surface area (Å²) in [6.45, 7) is 0. The second-order valence-corrected chi connectivity index (χ2v) is 4.09. The first-order valence-electron chi connectivity index (χ1n) is 5.01. The molecule has 0 bridgehead atoms. The van der Waals surface area contributed by atoms with Crippen LogP contribution in [0.5, 0.6) is 0 Å². The van der Waals surface area contributed by atoms with E-state index in [0.29, 0.717) is 11.7 Å². The quantitative estimate of drug-likeness (QED) is 0.588. The van der Waals surface area contributed by atoms with Crippen LogP contribution in [0.2, 0.25) is 0 Å². The van der Waals surface area contributed by atoms with Crippen molar-refractivity contribution in [1.82, 2.24) is 0 Å². The summed E-state index contributed by atoms with van der Waals surface area (Å²) in [6.07, 6.45) is 4.42. The molecule has 1 aromatic carbocycles. The minimum Gasteiger partial charge on any atom is -0.294 e. The van der Waals surface area contributed by atoms with E-state index in [0.717, 1.165) is 12.0 Å². The second-order valence-electron chi connectivity index (χ2n) is 4.09. The molecule has 1 atom stereocenters. The minimum atomic E-state index is 0.365. The predicted octanol–water partition coefficient (Wildman–Crippen LogP) is 2.69. The van der Waals surface area contributed by atoms with Gasteiger partial charge in [-0.3, -0.25) is 4.79 Å². The molecular weight excluding hydrogens is 160 g/mol. The fraction of sp³-hybridized carbons (Fsp3) is 0.417. The van der Waals surface area contributed by atoms with Crippen molar-refractivity contribution in [3.8, 4) is 0 Å². The van der Waals surface area contributed by atoms with Crippen molar-refractivity contribution in [2.75, 3.05) is 0 Å². The van der Waals surface area contributed by atoms with E-state index in [4.69, 9.17) is 0 Å². The first kappa shape index (κ1) is 7.31. The SMILES string of the molecule is O=C1C[C@@H]2CCCc3cccc1c32. The smallest absolute Gasteiger partial charge is 0.163 e. The Labute approximate surface area is 77.8 Å². The van der Waals surface area contributed by atoms with E-state index in [9.17, 15) is 4.79 Å². The standard InChI is InChI=1S/C12H12O/c13-11-7-9-5-1-3-8-4-2-6-10(11)12(8)9/h2,4,6,9H,1,3,5,7H2/t9-/m0/s1. The second kappa shape index (κ2) is 2.44. The van der Waals surface area contributed by atoms with Crippen LogP contribution < -0.4 is 0 Å². The summed E-state index contributed by atoms with van der Waals surface area (Å²) in [5.74, 6) is 0.927. The molecule has 0 aromatic heterocycles. The third-order valence-electron chi connectivity index (χ3n) is 3.34. The number of rotatable bonds is 0. The Morgan fingerprint density at radius 2 is 2.23 bits per heavy atom. The Balaban J connectivity index is 2.28. The van der Waals surface area contributed by atoms with E-state index >= 15 is 0 Å². The molecule has 0 saturated carbocycles. The number of Topliss-reactive ketones (excluding diaryl/α,β-unsaturated/α-hetero) is 1. The topological polar surface area (TPSA) is 17.1 Å². The zero-order chi connectivity index (χ0) is 8.84. The number of hydrogen-bond donors (Lipinski definition) is 0. The lowest BCUT2D eigenvalue weighted by atomic mass is 9.84. The van der Waals surface area contributed by atoms with Gasteiger partial charge in [-0.05, 0) is 36.3 Å². The number of hydrogen-bond acceptors (Lipinski definition) is 1. The van der Waals surface area contributed by atoms with Gasteiger partial charge in [-0.1, -0.05) is 18.2 Å². The van der Waals surface area contributed by atoms with E-state index in [1.165, 1.54) is 30.4 Å². The van der Waals surface area contributed by atoms with E-state index in [-0.39, 0.29) is 0 Å². The highest BCUT2D eigenvalue weighted by molar-refractivity contribution is 6.01. The molecule has 1 nitrogen and oxygen atoms in total. The van der Waals surface area contributed by atoms with Crippen molar-refractivity contribution in [2.24, 2.45) is 0 Å². The maximum Gasteiger partial charge on any atom is 0.163 e. The van der Waals surface area contributed by atoms with E-state index in [1.54, 1.807) is 0 Å². The molecule has 2 aliphatic rings. The van der Waals surface area contributed by atoms with Crippen LogP contribution in [-0.2, 0) is 6.42 Å². The fourth-order valence-corrected chi connectivity index (χ4v) is 2.78. The third-order valence-corrected chi connectivity index (χ3v) is 3.34. The first-order valence-corrected chi connectivity index (χ1v) is 5.01. The highest BCUT2D eigenvalue weighted by Crippen LogP contribution is 2.42. The van der Waals surface area contributed by atoms with Crippen molar-refractivity contribution in [2.45, 2.75) is 31.6 Å². The molecule has 0 radical (unpaired) electrons. The summed E-state index contributed by atoms with van der Waals surface area (Å²) < 4.78 is 0. The highest BCUT2D eigenvalue weighted by Gasteiger charge is 2.32. The van der Waals surface area contributed by atoms with E-state index in [2.05, 4.69) is 6.07 Å². The van der Waals surface area contributed by atoms with Crippen molar-refractivity contribution < 1.29 is 4.79 Å². The average Bonchev–Trinajstić information content (AvgIpc) is 2.47. The van der Waals surface area contributed by atoms with Gasteiger partial charge >= 0.3 is 0 Å². The summed E-state index contributed by atoms with van der Waals surface area (Å²) in [6, 6.07) is 6.20. The van der Waals surface area contributed by atoms with Crippen LogP contribution in [0, 0.1) is 0 Å². The number of carbonyl (C=O) groups is 1. The van der Waals surface area contributed by atoms with Gasteiger partial charge in [0.15, 0.2) is 5.78 Å². The molecule has 0 amide bonds. The Kier molecular flexibility index (Phi) is 1.37. The maximum atomic E-state index is 11.6. The lowest BCUT2D eigenvalue weighted by molar-refractivity contribution is 0.0988. The van der Waals surface area contributed by atoms with Crippen molar-refractivity contribution in [3.05, 3.63) is 34.9 Å². The molecule has 1 heteroatoms. The largest absolute Gasteiger partial charge is 0.294 e. The van der Waals surface area contributed by atoms with Crippen LogP contribution in [-0.4, -0.2) is 5.78 Å². The molecule has 0 aliphatic heterocycles. The molecule has 0 fully saturated rings. The zero-order valence-electron chi connectivity index (χ0n) is 7.55. The molecule has 1 aromatic rings. The number of aryl methyl sites for hydroxylation is 1. The van der Waals surface area contributed by atoms with Crippen LogP contribution in [0.25, 0.3) is 0 Å². The van der Waals surface area contributed by atoms with Crippen molar-refractivity contribution in [1.29, 1.82) is 0 Å². The average molecular weight is 172 g/mol.